The number of aromatic nitrogens is 3. The van der Waals surface area contributed by atoms with E-state index in [1.54, 1.807) is 35.9 Å². The highest BCUT2D eigenvalue weighted by Gasteiger charge is 2.08. The molecule has 0 amide bonds. The summed E-state index contributed by atoms with van der Waals surface area (Å²) < 4.78 is 2.01. The molecule has 2 heterocycles. The summed E-state index contributed by atoms with van der Waals surface area (Å²) in [6.45, 7) is 0.784. The number of imidazole rings is 1. The van der Waals surface area contributed by atoms with Gasteiger partial charge in [-0.3, -0.25) is 0 Å². The van der Waals surface area contributed by atoms with Gasteiger partial charge in [0, 0.05) is 18.3 Å². The number of carbonyl (C=O) groups is 1. The molecule has 2 aromatic heterocycles. The zero-order valence-corrected chi connectivity index (χ0v) is 10.8. The molecule has 3 aromatic rings. The summed E-state index contributed by atoms with van der Waals surface area (Å²) in [6.07, 6.45) is 2.58. The Labute approximate surface area is 113 Å². The lowest BCUT2D eigenvalue weighted by Crippen LogP contribution is -2.00. The fourth-order valence-corrected chi connectivity index (χ4v) is 2.56. The van der Waals surface area contributed by atoms with Crippen LogP contribution in [-0.4, -0.2) is 25.6 Å². The number of hydrogen-bond acceptors (Lipinski definition) is 4. The van der Waals surface area contributed by atoms with E-state index in [2.05, 4.69) is 9.97 Å². The number of carboxylic acids is 1. The van der Waals surface area contributed by atoms with Crippen LogP contribution in [0.5, 0.6) is 0 Å². The first-order valence-corrected chi connectivity index (χ1v) is 6.73. The predicted molar refractivity (Wildman–Crippen MR) is 72.5 cm³/mol. The fraction of sp³-hybridized carbons (Fsp3) is 0.154. The Bertz CT molecular complexity index is 719. The number of rotatable bonds is 4. The molecule has 0 spiro atoms. The van der Waals surface area contributed by atoms with E-state index in [0.717, 1.165) is 24.2 Å². The maximum atomic E-state index is 10.9. The number of nitrogens with zero attached hydrogens (tertiary/aromatic N) is 3. The van der Waals surface area contributed by atoms with Gasteiger partial charge in [-0.15, -0.1) is 11.3 Å². The number of aromatic carboxylic acids is 1. The van der Waals surface area contributed by atoms with Gasteiger partial charge in [0.2, 0.25) is 0 Å². The van der Waals surface area contributed by atoms with Crippen molar-refractivity contribution in [3.8, 4) is 0 Å². The molecule has 0 bridgehead atoms. The van der Waals surface area contributed by atoms with Crippen molar-refractivity contribution >= 4 is 28.3 Å². The van der Waals surface area contributed by atoms with Crippen LogP contribution in [-0.2, 0) is 13.0 Å². The van der Waals surface area contributed by atoms with Crippen molar-refractivity contribution in [1.29, 1.82) is 0 Å². The van der Waals surface area contributed by atoms with E-state index < -0.39 is 5.97 Å². The van der Waals surface area contributed by atoms with Gasteiger partial charge in [0.25, 0.3) is 0 Å². The molecule has 0 atom stereocenters. The number of carboxylic acid groups (broad SMARTS) is 1. The van der Waals surface area contributed by atoms with Crippen LogP contribution in [0.4, 0.5) is 0 Å². The molecule has 96 valence electrons. The SMILES string of the molecule is O=C(O)c1ccc2c(c1)ncn2CCc1cscn1. The van der Waals surface area contributed by atoms with Gasteiger partial charge in [-0.1, -0.05) is 0 Å². The lowest BCUT2D eigenvalue weighted by atomic mass is 10.2. The van der Waals surface area contributed by atoms with Crippen molar-refractivity contribution in [2.75, 3.05) is 0 Å². The fourth-order valence-electron chi connectivity index (χ4n) is 1.97. The van der Waals surface area contributed by atoms with Crippen LogP contribution in [0.15, 0.2) is 35.4 Å². The van der Waals surface area contributed by atoms with E-state index in [-0.39, 0.29) is 5.56 Å². The van der Waals surface area contributed by atoms with E-state index in [4.69, 9.17) is 5.11 Å². The monoisotopic (exact) mass is 273 g/mol. The zero-order valence-electron chi connectivity index (χ0n) is 9.98. The summed E-state index contributed by atoms with van der Waals surface area (Å²) in [5.41, 5.74) is 4.80. The molecule has 0 saturated carbocycles. The Kier molecular flexibility index (Phi) is 3.00. The van der Waals surface area contributed by atoms with E-state index >= 15 is 0 Å². The minimum atomic E-state index is -0.932. The van der Waals surface area contributed by atoms with Crippen molar-refractivity contribution in [1.82, 2.24) is 14.5 Å². The molecule has 6 heteroatoms. The van der Waals surface area contributed by atoms with Gasteiger partial charge in [-0.2, -0.15) is 0 Å². The van der Waals surface area contributed by atoms with Gasteiger partial charge in [0.05, 0.1) is 34.1 Å². The quantitative estimate of drug-likeness (QED) is 0.792. The third-order valence-corrected chi connectivity index (χ3v) is 3.60. The van der Waals surface area contributed by atoms with Gasteiger partial charge >= 0.3 is 5.97 Å². The predicted octanol–water partition coefficient (Wildman–Crippen LogP) is 2.43. The topological polar surface area (TPSA) is 68.0 Å². The highest BCUT2D eigenvalue weighted by molar-refractivity contribution is 7.07. The number of fused-ring (bicyclic) bond motifs is 1. The molecule has 0 fully saturated rings. The van der Waals surface area contributed by atoms with Gasteiger partial charge < -0.3 is 9.67 Å². The first-order chi connectivity index (χ1) is 9.24. The number of aryl methyl sites for hydroxylation is 2. The molecule has 0 aliphatic heterocycles. The van der Waals surface area contributed by atoms with Crippen molar-refractivity contribution in [2.45, 2.75) is 13.0 Å². The van der Waals surface area contributed by atoms with E-state index in [9.17, 15) is 4.79 Å². The molecular formula is C13H11N3O2S. The van der Waals surface area contributed by atoms with Crippen molar-refractivity contribution < 1.29 is 9.90 Å². The normalized spacial score (nSPS) is 10.9. The van der Waals surface area contributed by atoms with Crippen LogP contribution >= 0.6 is 11.3 Å². The summed E-state index contributed by atoms with van der Waals surface area (Å²) in [6, 6.07) is 5.00. The lowest BCUT2D eigenvalue weighted by molar-refractivity contribution is 0.0697. The smallest absolute Gasteiger partial charge is 0.335 e. The van der Waals surface area contributed by atoms with E-state index in [1.165, 1.54) is 0 Å². The van der Waals surface area contributed by atoms with Crippen molar-refractivity contribution in [3.63, 3.8) is 0 Å². The number of benzene rings is 1. The number of thiazole rings is 1. The maximum absolute atomic E-state index is 10.9. The van der Waals surface area contributed by atoms with Gasteiger partial charge in [-0.05, 0) is 18.2 Å². The van der Waals surface area contributed by atoms with E-state index in [1.807, 2.05) is 15.5 Å². The molecule has 3 rings (SSSR count). The summed E-state index contributed by atoms with van der Waals surface area (Å²) in [5, 5.41) is 11.0. The molecule has 1 aromatic carbocycles. The Morgan fingerprint density at radius 3 is 3.00 bits per heavy atom. The molecule has 0 unspecified atom stereocenters. The molecule has 0 saturated heterocycles. The standard InChI is InChI=1S/C13H11N3O2S/c17-13(18)9-1-2-12-11(5-9)14-7-16(12)4-3-10-6-19-8-15-10/h1-2,5-8H,3-4H2,(H,17,18). The average molecular weight is 273 g/mol. The Balaban J connectivity index is 1.86. The molecule has 19 heavy (non-hydrogen) atoms. The molecule has 0 aliphatic rings. The van der Waals surface area contributed by atoms with Crippen LogP contribution in [0.25, 0.3) is 11.0 Å². The van der Waals surface area contributed by atoms with Crippen LogP contribution in [0.1, 0.15) is 16.1 Å². The maximum Gasteiger partial charge on any atom is 0.335 e. The molecule has 0 aliphatic carbocycles. The van der Waals surface area contributed by atoms with Crippen LogP contribution in [0.2, 0.25) is 0 Å². The summed E-state index contributed by atoms with van der Waals surface area (Å²) in [4.78, 5) is 19.4. The zero-order chi connectivity index (χ0) is 13.2. The minimum absolute atomic E-state index is 0.261. The third-order valence-electron chi connectivity index (χ3n) is 2.96. The molecule has 1 N–H and O–H groups in total. The van der Waals surface area contributed by atoms with E-state index in [0.29, 0.717) is 5.52 Å². The summed E-state index contributed by atoms with van der Waals surface area (Å²) in [5.74, 6) is -0.932. The van der Waals surface area contributed by atoms with Gasteiger partial charge in [0.15, 0.2) is 0 Å². The lowest BCUT2D eigenvalue weighted by Gasteiger charge is -2.02. The third kappa shape index (κ3) is 2.34. The Morgan fingerprint density at radius 1 is 1.37 bits per heavy atom. The number of hydrogen-bond donors (Lipinski definition) is 1. The molecular weight excluding hydrogens is 262 g/mol. The Hall–Kier alpha value is -2.21. The second-order valence-electron chi connectivity index (χ2n) is 4.18. The first-order valence-electron chi connectivity index (χ1n) is 5.79. The van der Waals surface area contributed by atoms with Crippen molar-refractivity contribution in [3.05, 3.63) is 46.7 Å². The van der Waals surface area contributed by atoms with Crippen LogP contribution in [0, 0.1) is 0 Å². The largest absolute Gasteiger partial charge is 0.478 e. The Morgan fingerprint density at radius 2 is 2.26 bits per heavy atom. The molecule has 0 radical (unpaired) electrons. The summed E-state index contributed by atoms with van der Waals surface area (Å²) >= 11 is 1.58. The van der Waals surface area contributed by atoms with Gasteiger partial charge in [0.1, 0.15) is 0 Å². The second-order valence-corrected chi connectivity index (χ2v) is 4.90. The van der Waals surface area contributed by atoms with Crippen LogP contribution < -0.4 is 0 Å². The van der Waals surface area contributed by atoms with Gasteiger partial charge in [-0.25, -0.2) is 14.8 Å². The van der Waals surface area contributed by atoms with Crippen molar-refractivity contribution in [2.24, 2.45) is 0 Å². The first kappa shape index (κ1) is 11.9. The van der Waals surface area contributed by atoms with Crippen LogP contribution in [0.3, 0.4) is 0 Å². The average Bonchev–Trinajstić information content (AvgIpc) is 3.05. The molecule has 5 nitrogen and oxygen atoms in total. The highest BCUT2D eigenvalue weighted by Crippen LogP contribution is 2.16. The second kappa shape index (κ2) is 4.81. The summed E-state index contributed by atoms with van der Waals surface area (Å²) in [7, 11) is 0. The minimum Gasteiger partial charge on any atom is -0.478 e. The highest BCUT2D eigenvalue weighted by atomic mass is 32.1.